The summed E-state index contributed by atoms with van der Waals surface area (Å²) in [7, 11) is 0. The molecular formula is C8H19NO4. The average molecular weight is 193 g/mol. The van der Waals surface area contributed by atoms with Gasteiger partial charge in [0.15, 0.2) is 0 Å². The van der Waals surface area contributed by atoms with Crippen LogP contribution >= 0.6 is 0 Å². The van der Waals surface area contributed by atoms with Crippen molar-refractivity contribution in [3.63, 3.8) is 0 Å². The Balaban J connectivity index is -0.000000120. The van der Waals surface area contributed by atoms with Crippen molar-refractivity contribution in [3.8, 4) is 0 Å². The molecule has 0 rings (SSSR count). The summed E-state index contributed by atoms with van der Waals surface area (Å²) in [5.41, 5.74) is 4.65. The van der Waals surface area contributed by atoms with E-state index >= 15 is 0 Å². The van der Waals surface area contributed by atoms with Crippen LogP contribution in [0, 0.1) is 0 Å². The largest absolute Gasteiger partial charge is 0.481 e. The molecule has 0 unspecified atom stereocenters. The van der Waals surface area contributed by atoms with Crippen molar-refractivity contribution >= 4 is 11.9 Å². The summed E-state index contributed by atoms with van der Waals surface area (Å²) in [6.07, 6.45) is 0.667. The fourth-order valence-corrected chi connectivity index (χ4v) is 0. The molecule has 0 aliphatic rings. The van der Waals surface area contributed by atoms with Gasteiger partial charge in [0.2, 0.25) is 5.91 Å². The van der Waals surface area contributed by atoms with Crippen LogP contribution in [0.25, 0.3) is 0 Å². The highest BCUT2D eigenvalue weighted by atomic mass is 16.4. The van der Waals surface area contributed by atoms with E-state index in [4.69, 9.17) is 10.2 Å². The maximum atomic E-state index is 9.59. The lowest BCUT2D eigenvalue weighted by Gasteiger charge is -1.73. The molecule has 5 heteroatoms. The molecule has 0 aliphatic carbocycles. The van der Waals surface area contributed by atoms with E-state index in [0.717, 1.165) is 0 Å². The molecule has 80 valence electrons. The van der Waals surface area contributed by atoms with Crippen LogP contribution in [0.2, 0.25) is 0 Å². The van der Waals surface area contributed by atoms with E-state index in [9.17, 15) is 9.59 Å². The number of carbonyl (C=O) groups excluding carboxylic acids is 1. The number of carboxylic acid groups (broad SMARTS) is 1. The van der Waals surface area contributed by atoms with Gasteiger partial charge in [-0.3, -0.25) is 9.59 Å². The zero-order valence-electron chi connectivity index (χ0n) is 8.41. The lowest BCUT2D eigenvalue weighted by Crippen LogP contribution is -2.06. The lowest BCUT2D eigenvalue weighted by molar-refractivity contribution is -0.136. The second-order valence-corrected chi connectivity index (χ2v) is 1.88. The Morgan fingerprint density at radius 3 is 1.31 bits per heavy atom. The quantitative estimate of drug-likeness (QED) is 0.589. The molecule has 1 amide bonds. The topological polar surface area (TPSA) is 101 Å². The number of hydrogen-bond acceptors (Lipinski definition) is 3. The van der Waals surface area contributed by atoms with Gasteiger partial charge in [-0.25, -0.2) is 0 Å². The highest BCUT2D eigenvalue weighted by Gasteiger charge is 1.80. The van der Waals surface area contributed by atoms with Crippen LogP contribution in [0.1, 0.15) is 33.6 Å². The Morgan fingerprint density at radius 2 is 1.31 bits per heavy atom. The number of rotatable bonds is 2. The molecule has 0 aromatic heterocycles. The molecule has 13 heavy (non-hydrogen) atoms. The van der Waals surface area contributed by atoms with Crippen LogP contribution in [0.15, 0.2) is 0 Å². The van der Waals surface area contributed by atoms with E-state index in [2.05, 4.69) is 5.73 Å². The highest BCUT2D eigenvalue weighted by molar-refractivity contribution is 5.73. The second kappa shape index (κ2) is 17.1. The van der Waals surface area contributed by atoms with Gasteiger partial charge in [-0.15, -0.1) is 0 Å². The van der Waals surface area contributed by atoms with Gasteiger partial charge in [-0.05, 0) is 6.92 Å². The smallest absolute Gasteiger partial charge is 0.303 e. The number of nitrogens with two attached hydrogens (primary N) is 1. The Bertz CT molecular complexity index is 111. The first-order valence-corrected chi connectivity index (χ1v) is 4.07. The third-order valence-corrected chi connectivity index (χ3v) is 0.651. The van der Waals surface area contributed by atoms with Crippen molar-refractivity contribution in [2.45, 2.75) is 33.6 Å². The number of aliphatic hydroxyl groups excluding tert-OH is 1. The summed E-state index contributed by atoms with van der Waals surface area (Å²) in [6, 6.07) is 0. The molecule has 0 radical (unpaired) electrons. The van der Waals surface area contributed by atoms with Gasteiger partial charge in [0.1, 0.15) is 0 Å². The maximum absolute atomic E-state index is 9.59. The fraction of sp³-hybridized carbons (Fsp3) is 0.750. The van der Waals surface area contributed by atoms with Crippen molar-refractivity contribution in [2.75, 3.05) is 6.61 Å². The number of hydrogen-bond donors (Lipinski definition) is 3. The number of aliphatic hydroxyl groups is 1. The van der Waals surface area contributed by atoms with Crippen molar-refractivity contribution in [2.24, 2.45) is 5.73 Å². The van der Waals surface area contributed by atoms with Gasteiger partial charge in [0.05, 0.1) is 0 Å². The van der Waals surface area contributed by atoms with Gasteiger partial charge in [0.25, 0.3) is 0 Å². The summed E-state index contributed by atoms with van der Waals surface area (Å²) in [6.45, 7) is 5.25. The van der Waals surface area contributed by atoms with E-state index in [1.165, 1.54) is 0 Å². The van der Waals surface area contributed by atoms with Crippen molar-refractivity contribution in [1.82, 2.24) is 0 Å². The Hall–Kier alpha value is -1.10. The summed E-state index contributed by atoms with van der Waals surface area (Å²) >= 11 is 0. The molecule has 0 atom stereocenters. The summed E-state index contributed by atoms with van der Waals surface area (Å²) in [5, 5.41) is 15.3. The second-order valence-electron chi connectivity index (χ2n) is 1.88. The Kier molecular flexibility index (Phi) is 23.5. The molecule has 0 saturated heterocycles. The van der Waals surface area contributed by atoms with Crippen LogP contribution in [-0.4, -0.2) is 28.7 Å². The molecule has 0 spiro atoms. The molecule has 0 aromatic rings. The number of carbonyl (C=O) groups is 2. The maximum Gasteiger partial charge on any atom is 0.303 e. The van der Waals surface area contributed by atoms with E-state index in [-0.39, 0.29) is 18.9 Å². The van der Waals surface area contributed by atoms with Crippen LogP contribution in [0.5, 0.6) is 0 Å². The first kappa shape index (κ1) is 17.8. The first-order valence-electron chi connectivity index (χ1n) is 4.07. The standard InChI is InChI=1S/C3H7NO.C3H6O2.C2H6O/c2*1-2-3(4)5;1-2-3/h2H2,1H3,(H2,4,5);2H2,1H3,(H,4,5);3H,2H2,1H3. The minimum absolute atomic E-state index is 0.222. The fourth-order valence-electron chi connectivity index (χ4n) is 0. The Labute approximate surface area is 78.6 Å². The predicted octanol–water partition coefficient (Wildman–Crippen LogP) is 0.361. The zero-order chi connectivity index (χ0) is 11.3. The third-order valence-electron chi connectivity index (χ3n) is 0.651. The van der Waals surface area contributed by atoms with Gasteiger partial charge < -0.3 is 15.9 Å². The molecule has 0 aliphatic heterocycles. The number of carboxylic acids is 1. The van der Waals surface area contributed by atoms with Gasteiger partial charge >= 0.3 is 5.97 Å². The highest BCUT2D eigenvalue weighted by Crippen LogP contribution is 1.67. The number of aliphatic carboxylic acids is 1. The number of primary amides is 1. The summed E-state index contributed by atoms with van der Waals surface area (Å²) in [5.74, 6) is -0.991. The Morgan fingerprint density at radius 1 is 1.15 bits per heavy atom. The van der Waals surface area contributed by atoms with Crippen molar-refractivity contribution < 1.29 is 19.8 Å². The molecule has 5 nitrogen and oxygen atoms in total. The zero-order valence-corrected chi connectivity index (χ0v) is 8.41. The van der Waals surface area contributed by atoms with Gasteiger partial charge in [0, 0.05) is 19.4 Å². The van der Waals surface area contributed by atoms with Crippen LogP contribution < -0.4 is 5.73 Å². The monoisotopic (exact) mass is 193 g/mol. The number of amides is 1. The minimum atomic E-state index is -0.745. The molecule has 0 aromatic carbocycles. The molecule has 0 saturated carbocycles. The SMILES string of the molecule is CCC(=O)O.CCC(N)=O.CCO. The molecule has 0 heterocycles. The van der Waals surface area contributed by atoms with Gasteiger partial charge in [-0.2, -0.15) is 0 Å². The minimum Gasteiger partial charge on any atom is -0.481 e. The van der Waals surface area contributed by atoms with Gasteiger partial charge in [-0.1, -0.05) is 13.8 Å². The van der Waals surface area contributed by atoms with Crippen LogP contribution in [0.3, 0.4) is 0 Å². The normalized spacial score (nSPS) is 7.08. The van der Waals surface area contributed by atoms with Crippen LogP contribution in [-0.2, 0) is 9.59 Å². The van der Waals surface area contributed by atoms with Crippen molar-refractivity contribution in [3.05, 3.63) is 0 Å². The summed E-state index contributed by atoms with van der Waals surface area (Å²) in [4.78, 5) is 19.0. The average Bonchev–Trinajstić information content (AvgIpc) is 2.07. The van der Waals surface area contributed by atoms with Crippen LogP contribution in [0.4, 0.5) is 0 Å². The summed E-state index contributed by atoms with van der Waals surface area (Å²) < 4.78 is 0. The van der Waals surface area contributed by atoms with E-state index in [1.54, 1.807) is 20.8 Å². The van der Waals surface area contributed by atoms with E-state index < -0.39 is 5.97 Å². The molecule has 0 bridgehead atoms. The molecule has 0 fully saturated rings. The molecule has 4 N–H and O–H groups in total. The lowest BCUT2D eigenvalue weighted by atomic mass is 10.5. The predicted molar refractivity (Wildman–Crippen MR) is 50.2 cm³/mol. The van der Waals surface area contributed by atoms with E-state index in [0.29, 0.717) is 6.42 Å². The van der Waals surface area contributed by atoms with Crippen molar-refractivity contribution in [1.29, 1.82) is 0 Å². The van der Waals surface area contributed by atoms with E-state index in [1.807, 2.05) is 0 Å². The third kappa shape index (κ3) is 103. The molecular weight excluding hydrogens is 174 g/mol. The first-order chi connectivity index (χ1) is 5.95.